The summed E-state index contributed by atoms with van der Waals surface area (Å²) in [6.45, 7) is 0.879. The Hall–Kier alpha value is -1.49. The third-order valence-corrected chi connectivity index (χ3v) is 4.82. The Morgan fingerprint density at radius 3 is 3.06 bits per heavy atom. The lowest BCUT2D eigenvalue weighted by Gasteiger charge is -2.13. The van der Waals surface area contributed by atoms with Gasteiger partial charge < -0.3 is 5.32 Å². The lowest BCUT2D eigenvalue weighted by Crippen LogP contribution is -2.21. The number of aromatic nitrogens is 2. The Labute approximate surface area is 109 Å². The molecule has 2 heterocycles. The molecule has 1 aliphatic carbocycles. The predicted octanol–water partition coefficient (Wildman–Crippen LogP) is 2.00. The molecule has 0 unspecified atom stereocenters. The first-order valence-corrected chi connectivity index (χ1v) is 7.22. The molecule has 0 atom stereocenters. The second kappa shape index (κ2) is 4.31. The molecule has 0 amide bonds. The zero-order valence-electron chi connectivity index (χ0n) is 10.2. The normalized spacial score (nSPS) is 16.7. The molecule has 0 bridgehead atoms. The first-order valence-electron chi connectivity index (χ1n) is 6.00. The Kier molecular flexibility index (Phi) is 2.78. The fraction of sp³-hybridized carbons (Fsp3) is 0.385. The van der Waals surface area contributed by atoms with Gasteiger partial charge in [0.1, 0.15) is 11.5 Å². The smallest absolute Gasteiger partial charge is 0.259 e. The standard InChI is InChI=1S/C13H15N3OS/c1-18-13(5-6-13)9-14-10-8-12(17)16-7-3-2-4-11(16)15-10/h2-4,7-8,14H,5-6,9H2,1H3. The van der Waals surface area contributed by atoms with E-state index in [1.54, 1.807) is 16.7 Å². The summed E-state index contributed by atoms with van der Waals surface area (Å²) in [6.07, 6.45) is 6.36. The number of pyridine rings is 1. The van der Waals surface area contributed by atoms with Gasteiger partial charge in [0.25, 0.3) is 5.56 Å². The maximum absolute atomic E-state index is 11.9. The molecule has 94 valence electrons. The van der Waals surface area contributed by atoms with Crippen LogP contribution in [0, 0.1) is 0 Å². The molecule has 1 fully saturated rings. The second-order valence-corrected chi connectivity index (χ2v) is 5.92. The van der Waals surface area contributed by atoms with Gasteiger partial charge in [-0.3, -0.25) is 9.20 Å². The van der Waals surface area contributed by atoms with Crippen molar-refractivity contribution in [1.29, 1.82) is 0 Å². The molecule has 0 aliphatic heterocycles. The van der Waals surface area contributed by atoms with Crippen LogP contribution < -0.4 is 10.9 Å². The van der Waals surface area contributed by atoms with Gasteiger partial charge in [-0.1, -0.05) is 6.07 Å². The largest absolute Gasteiger partial charge is 0.368 e. The summed E-state index contributed by atoms with van der Waals surface area (Å²) in [4.78, 5) is 16.3. The molecule has 2 aromatic heterocycles. The summed E-state index contributed by atoms with van der Waals surface area (Å²) in [5.74, 6) is 0.673. The van der Waals surface area contributed by atoms with Crippen molar-refractivity contribution in [3.05, 3.63) is 40.8 Å². The zero-order valence-corrected chi connectivity index (χ0v) is 11.0. The van der Waals surface area contributed by atoms with Gasteiger partial charge in [0.2, 0.25) is 0 Å². The van der Waals surface area contributed by atoms with Crippen molar-refractivity contribution in [3.8, 4) is 0 Å². The SMILES string of the molecule is CSC1(CNc2cc(=O)n3ccccc3n2)CC1. The number of nitrogens with one attached hydrogen (secondary N) is 1. The van der Waals surface area contributed by atoms with Gasteiger partial charge in [0, 0.05) is 23.6 Å². The fourth-order valence-corrected chi connectivity index (χ4v) is 2.72. The molecule has 1 N–H and O–H groups in total. The first kappa shape index (κ1) is 11.6. The van der Waals surface area contributed by atoms with E-state index in [0.29, 0.717) is 16.2 Å². The lowest BCUT2D eigenvalue weighted by atomic mass is 10.4. The number of nitrogens with zero attached hydrogens (tertiary/aromatic N) is 2. The lowest BCUT2D eigenvalue weighted by molar-refractivity contribution is 0.934. The van der Waals surface area contributed by atoms with Crippen LogP contribution in [0.5, 0.6) is 0 Å². The number of hydrogen-bond acceptors (Lipinski definition) is 4. The number of rotatable bonds is 4. The van der Waals surface area contributed by atoms with Crippen molar-refractivity contribution < 1.29 is 0 Å². The summed E-state index contributed by atoms with van der Waals surface area (Å²) in [6, 6.07) is 7.11. The van der Waals surface area contributed by atoms with E-state index in [4.69, 9.17) is 0 Å². The molecule has 1 aliphatic rings. The summed E-state index contributed by atoms with van der Waals surface area (Å²) < 4.78 is 1.91. The molecule has 0 saturated heterocycles. The van der Waals surface area contributed by atoms with Crippen LogP contribution in [0.15, 0.2) is 35.3 Å². The van der Waals surface area contributed by atoms with Crippen LogP contribution in [-0.4, -0.2) is 26.9 Å². The highest BCUT2D eigenvalue weighted by molar-refractivity contribution is 8.00. The molecule has 5 heteroatoms. The molecular formula is C13H15N3OS. The van der Waals surface area contributed by atoms with Crippen molar-refractivity contribution in [2.24, 2.45) is 0 Å². The maximum atomic E-state index is 11.9. The van der Waals surface area contributed by atoms with Gasteiger partial charge in [-0.15, -0.1) is 0 Å². The molecule has 4 nitrogen and oxygen atoms in total. The molecule has 0 radical (unpaired) electrons. The summed E-state index contributed by atoms with van der Waals surface area (Å²) in [7, 11) is 0. The fourth-order valence-electron chi connectivity index (χ4n) is 1.99. The molecule has 0 aromatic carbocycles. The van der Waals surface area contributed by atoms with E-state index in [1.807, 2.05) is 30.0 Å². The minimum absolute atomic E-state index is 0.0444. The number of hydrogen-bond donors (Lipinski definition) is 1. The monoisotopic (exact) mass is 261 g/mol. The van der Waals surface area contributed by atoms with Crippen molar-refractivity contribution in [2.75, 3.05) is 18.1 Å². The van der Waals surface area contributed by atoms with E-state index >= 15 is 0 Å². The highest BCUT2D eigenvalue weighted by Gasteiger charge is 2.41. The van der Waals surface area contributed by atoms with Crippen molar-refractivity contribution in [1.82, 2.24) is 9.38 Å². The van der Waals surface area contributed by atoms with E-state index in [-0.39, 0.29) is 5.56 Å². The van der Waals surface area contributed by atoms with Crippen LogP contribution in [0.2, 0.25) is 0 Å². The van der Waals surface area contributed by atoms with Gasteiger partial charge >= 0.3 is 0 Å². The third-order valence-electron chi connectivity index (χ3n) is 3.40. The van der Waals surface area contributed by atoms with Crippen LogP contribution in [-0.2, 0) is 0 Å². The molecule has 1 saturated carbocycles. The first-order chi connectivity index (χ1) is 8.72. The highest BCUT2D eigenvalue weighted by atomic mass is 32.2. The third kappa shape index (κ3) is 2.10. The number of anilines is 1. The van der Waals surface area contributed by atoms with E-state index in [2.05, 4.69) is 16.6 Å². The average Bonchev–Trinajstić information content (AvgIpc) is 3.17. The summed E-state index contributed by atoms with van der Waals surface area (Å²) in [5, 5.41) is 3.29. The Morgan fingerprint density at radius 2 is 2.33 bits per heavy atom. The van der Waals surface area contributed by atoms with Gasteiger partial charge in [0.15, 0.2) is 0 Å². The van der Waals surface area contributed by atoms with Crippen LogP contribution in [0.3, 0.4) is 0 Å². The molecular weight excluding hydrogens is 246 g/mol. The van der Waals surface area contributed by atoms with Gasteiger partial charge in [-0.05, 0) is 31.2 Å². The van der Waals surface area contributed by atoms with E-state index in [1.165, 1.54) is 12.8 Å². The van der Waals surface area contributed by atoms with Crippen LogP contribution in [0.25, 0.3) is 5.65 Å². The van der Waals surface area contributed by atoms with Crippen molar-refractivity contribution in [2.45, 2.75) is 17.6 Å². The Balaban J connectivity index is 1.87. The summed E-state index contributed by atoms with van der Waals surface area (Å²) >= 11 is 1.89. The number of thioether (sulfide) groups is 1. The number of fused-ring (bicyclic) bond motifs is 1. The van der Waals surface area contributed by atoms with Gasteiger partial charge in [-0.25, -0.2) is 4.98 Å². The molecule has 0 spiro atoms. The molecule has 2 aromatic rings. The van der Waals surface area contributed by atoms with E-state index in [0.717, 1.165) is 6.54 Å². The van der Waals surface area contributed by atoms with Gasteiger partial charge in [-0.2, -0.15) is 11.8 Å². The Bertz CT molecular complexity index is 633. The zero-order chi connectivity index (χ0) is 12.6. The average molecular weight is 261 g/mol. The topological polar surface area (TPSA) is 46.4 Å². The minimum atomic E-state index is -0.0444. The van der Waals surface area contributed by atoms with Crippen LogP contribution in [0.1, 0.15) is 12.8 Å². The van der Waals surface area contributed by atoms with Crippen molar-refractivity contribution >= 4 is 23.2 Å². The second-order valence-electron chi connectivity index (χ2n) is 4.65. The minimum Gasteiger partial charge on any atom is -0.368 e. The van der Waals surface area contributed by atoms with Gasteiger partial charge in [0.05, 0.1) is 0 Å². The summed E-state index contributed by atoms with van der Waals surface area (Å²) in [5.41, 5.74) is 0.638. The van der Waals surface area contributed by atoms with Crippen LogP contribution in [0.4, 0.5) is 5.82 Å². The van der Waals surface area contributed by atoms with E-state index in [9.17, 15) is 4.79 Å². The van der Waals surface area contributed by atoms with Crippen molar-refractivity contribution in [3.63, 3.8) is 0 Å². The highest BCUT2D eigenvalue weighted by Crippen LogP contribution is 2.46. The van der Waals surface area contributed by atoms with Crippen LogP contribution >= 0.6 is 11.8 Å². The van der Waals surface area contributed by atoms with E-state index < -0.39 is 0 Å². The maximum Gasteiger partial charge on any atom is 0.259 e. The Morgan fingerprint density at radius 1 is 1.50 bits per heavy atom. The predicted molar refractivity (Wildman–Crippen MR) is 75.4 cm³/mol. The quantitative estimate of drug-likeness (QED) is 0.914. The molecule has 3 rings (SSSR count). The molecule has 18 heavy (non-hydrogen) atoms.